The standard InChI is InChI=1S/C12H21N3S/c1-8(2)15-6-4-5-10(13)11(15)12-14-9(3)7-16-12/h7-8,10-11H,4-6,13H2,1-3H3. The molecule has 90 valence electrons. The van der Waals surface area contributed by atoms with Crippen molar-refractivity contribution in [2.45, 2.75) is 51.7 Å². The van der Waals surface area contributed by atoms with Crippen molar-refractivity contribution in [2.75, 3.05) is 6.54 Å². The summed E-state index contributed by atoms with van der Waals surface area (Å²) in [5.41, 5.74) is 7.39. The van der Waals surface area contributed by atoms with E-state index in [2.05, 4.69) is 29.1 Å². The third-order valence-corrected chi connectivity index (χ3v) is 4.30. The molecule has 0 bridgehead atoms. The number of likely N-dealkylation sites (tertiary alicyclic amines) is 1. The SMILES string of the molecule is Cc1csc(C2C(N)CCCN2C(C)C)n1. The van der Waals surface area contributed by atoms with Gasteiger partial charge in [-0.2, -0.15) is 0 Å². The van der Waals surface area contributed by atoms with Crippen molar-refractivity contribution in [1.29, 1.82) is 0 Å². The topological polar surface area (TPSA) is 42.1 Å². The van der Waals surface area contributed by atoms with Gasteiger partial charge in [0.15, 0.2) is 0 Å². The second-order valence-electron chi connectivity index (χ2n) is 4.91. The molecule has 2 unspecified atom stereocenters. The Balaban J connectivity index is 2.26. The summed E-state index contributed by atoms with van der Waals surface area (Å²) >= 11 is 1.75. The second-order valence-corrected chi connectivity index (χ2v) is 5.80. The summed E-state index contributed by atoms with van der Waals surface area (Å²) < 4.78 is 0. The highest BCUT2D eigenvalue weighted by Gasteiger charge is 2.33. The minimum atomic E-state index is 0.238. The lowest BCUT2D eigenvalue weighted by Gasteiger charge is -2.41. The molecule has 0 saturated carbocycles. The maximum atomic E-state index is 6.27. The molecule has 16 heavy (non-hydrogen) atoms. The van der Waals surface area contributed by atoms with Gasteiger partial charge in [-0.25, -0.2) is 4.98 Å². The van der Waals surface area contributed by atoms with Crippen molar-refractivity contribution in [3.63, 3.8) is 0 Å². The van der Waals surface area contributed by atoms with E-state index in [1.807, 2.05) is 6.92 Å². The Bertz CT molecular complexity index is 348. The van der Waals surface area contributed by atoms with Gasteiger partial charge in [0.2, 0.25) is 0 Å². The number of aromatic nitrogens is 1. The van der Waals surface area contributed by atoms with Crippen LogP contribution in [0.3, 0.4) is 0 Å². The first-order valence-electron chi connectivity index (χ1n) is 6.03. The molecular formula is C12H21N3S. The van der Waals surface area contributed by atoms with E-state index in [0.717, 1.165) is 18.7 Å². The summed E-state index contributed by atoms with van der Waals surface area (Å²) in [5.74, 6) is 0. The van der Waals surface area contributed by atoms with Crippen LogP contribution in [0.5, 0.6) is 0 Å². The number of hydrogen-bond acceptors (Lipinski definition) is 4. The Morgan fingerprint density at radius 2 is 2.31 bits per heavy atom. The summed E-state index contributed by atoms with van der Waals surface area (Å²) in [6.45, 7) is 7.68. The van der Waals surface area contributed by atoms with Crippen LogP contribution in [-0.2, 0) is 0 Å². The minimum Gasteiger partial charge on any atom is -0.326 e. The van der Waals surface area contributed by atoms with E-state index in [9.17, 15) is 0 Å². The highest BCUT2D eigenvalue weighted by atomic mass is 32.1. The van der Waals surface area contributed by atoms with Crippen LogP contribution in [0.4, 0.5) is 0 Å². The monoisotopic (exact) mass is 239 g/mol. The Morgan fingerprint density at radius 3 is 2.88 bits per heavy atom. The predicted molar refractivity (Wildman–Crippen MR) is 68.6 cm³/mol. The Kier molecular flexibility index (Phi) is 3.62. The molecule has 0 radical (unpaired) electrons. The average Bonchev–Trinajstić information content (AvgIpc) is 2.64. The van der Waals surface area contributed by atoms with Crippen molar-refractivity contribution in [1.82, 2.24) is 9.88 Å². The van der Waals surface area contributed by atoms with Gasteiger partial charge < -0.3 is 5.73 Å². The van der Waals surface area contributed by atoms with Crippen molar-refractivity contribution in [2.24, 2.45) is 5.73 Å². The van der Waals surface area contributed by atoms with Crippen LogP contribution in [0.1, 0.15) is 43.4 Å². The summed E-state index contributed by atoms with van der Waals surface area (Å²) in [7, 11) is 0. The molecule has 2 N–H and O–H groups in total. The van der Waals surface area contributed by atoms with Crippen LogP contribution in [0.25, 0.3) is 0 Å². The Labute approximate surface area is 102 Å². The zero-order valence-corrected chi connectivity index (χ0v) is 11.1. The molecule has 1 fully saturated rings. The van der Waals surface area contributed by atoms with Crippen LogP contribution in [0.2, 0.25) is 0 Å². The van der Waals surface area contributed by atoms with E-state index in [1.165, 1.54) is 11.4 Å². The quantitative estimate of drug-likeness (QED) is 0.861. The van der Waals surface area contributed by atoms with Gasteiger partial charge in [0.1, 0.15) is 5.01 Å². The molecule has 3 nitrogen and oxygen atoms in total. The van der Waals surface area contributed by atoms with Gasteiger partial charge >= 0.3 is 0 Å². The summed E-state index contributed by atoms with van der Waals surface area (Å²) in [6, 6.07) is 1.11. The van der Waals surface area contributed by atoms with Crippen molar-refractivity contribution in [3.05, 3.63) is 16.1 Å². The second kappa shape index (κ2) is 4.82. The molecule has 2 atom stereocenters. The average molecular weight is 239 g/mol. The molecular weight excluding hydrogens is 218 g/mol. The van der Waals surface area contributed by atoms with Gasteiger partial charge in [0, 0.05) is 23.2 Å². The summed E-state index contributed by atoms with van der Waals surface area (Å²) in [5, 5.41) is 3.31. The van der Waals surface area contributed by atoms with Gasteiger partial charge in [-0.15, -0.1) is 11.3 Å². The molecule has 4 heteroatoms. The smallest absolute Gasteiger partial charge is 0.112 e. The van der Waals surface area contributed by atoms with Crippen LogP contribution in [-0.4, -0.2) is 28.5 Å². The fraction of sp³-hybridized carbons (Fsp3) is 0.750. The van der Waals surface area contributed by atoms with E-state index < -0.39 is 0 Å². The lowest BCUT2D eigenvalue weighted by molar-refractivity contribution is 0.0944. The third-order valence-electron chi connectivity index (χ3n) is 3.27. The van der Waals surface area contributed by atoms with Gasteiger partial charge in [0.05, 0.1) is 6.04 Å². The molecule has 1 aromatic heterocycles. The van der Waals surface area contributed by atoms with Crippen molar-refractivity contribution < 1.29 is 0 Å². The van der Waals surface area contributed by atoms with Crippen LogP contribution in [0, 0.1) is 6.92 Å². The molecule has 1 aliphatic heterocycles. The summed E-state index contributed by atoms with van der Waals surface area (Å²) in [4.78, 5) is 7.11. The maximum absolute atomic E-state index is 6.27. The number of aryl methyl sites for hydroxylation is 1. The largest absolute Gasteiger partial charge is 0.326 e. The molecule has 0 spiro atoms. The van der Waals surface area contributed by atoms with E-state index in [0.29, 0.717) is 12.1 Å². The molecule has 1 aliphatic rings. The summed E-state index contributed by atoms with van der Waals surface area (Å²) in [6.07, 6.45) is 2.33. The zero-order chi connectivity index (χ0) is 11.7. The van der Waals surface area contributed by atoms with Gasteiger partial charge in [0.25, 0.3) is 0 Å². The van der Waals surface area contributed by atoms with Crippen LogP contribution >= 0.6 is 11.3 Å². The van der Waals surface area contributed by atoms with E-state index in [1.54, 1.807) is 11.3 Å². The van der Waals surface area contributed by atoms with Gasteiger partial charge in [-0.3, -0.25) is 4.90 Å². The number of thiazole rings is 1. The first-order valence-corrected chi connectivity index (χ1v) is 6.91. The molecule has 2 rings (SSSR count). The first-order chi connectivity index (χ1) is 7.59. The Hall–Kier alpha value is -0.450. The maximum Gasteiger partial charge on any atom is 0.112 e. The normalized spacial score (nSPS) is 27.6. The number of hydrogen-bond donors (Lipinski definition) is 1. The minimum absolute atomic E-state index is 0.238. The molecule has 1 aromatic rings. The van der Waals surface area contributed by atoms with E-state index >= 15 is 0 Å². The molecule has 1 saturated heterocycles. The fourth-order valence-electron chi connectivity index (χ4n) is 2.46. The van der Waals surface area contributed by atoms with Crippen LogP contribution < -0.4 is 5.73 Å². The van der Waals surface area contributed by atoms with Crippen molar-refractivity contribution >= 4 is 11.3 Å². The third kappa shape index (κ3) is 2.29. The van der Waals surface area contributed by atoms with Crippen molar-refractivity contribution in [3.8, 4) is 0 Å². The van der Waals surface area contributed by atoms with Gasteiger partial charge in [-0.1, -0.05) is 0 Å². The number of nitrogens with two attached hydrogens (primary N) is 1. The Morgan fingerprint density at radius 1 is 1.56 bits per heavy atom. The van der Waals surface area contributed by atoms with Crippen LogP contribution in [0.15, 0.2) is 5.38 Å². The zero-order valence-electron chi connectivity index (χ0n) is 10.3. The van der Waals surface area contributed by atoms with Gasteiger partial charge in [-0.05, 0) is 40.2 Å². The lowest BCUT2D eigenvalue weighted by Crippen LogP contribution is -2.48. The van der Waals surface area contributed by atoms with E-state index in [-0.39, 0.29) is 6.04 Å². The predicted octanol–water partition coefficient (Wildman–Crippen LogP) is 2.32. The highest BCUT2D eigenvalue weighted by molar-refractivity contribution is 7.09. The lowest BCUT2D eigenvalue weighted by atomic mass is 9.96. The first kappa shape index (κ1) is 12.0. The number of nitrogens with zero attached hydrogens (tertiary/aromatic N) is 2. The molecule has 0 aromatic carbocycles. The number of piperidine rings is 1. The molecule has 0 aliphatic carbocycles. The molecule has 0 amide bonds. The highest BCUT2D eigenvalue weighted by Crippen LogP contribution is 2.33. The van der Waals surface area contributed by atoms with E-state index in [4.69, 9.17) is 5.73 Å². The number of rotatable bonds is 2. The molecule has 2 heterocycles. The fourth-order valence-corrected chi connectivity index (χ4v) is 3.46.